The van der Waals surface area contributed by atoms with Crippen molar-refractivity contribution in [3.63, 3.8) is 0 Å². The Balaban J connectivity index is 1.54. The topological polar surface area (TPSA) is 51.0 Å². The van der Waals surface area contributed by atoms with E-state index in [1.54, 1.807) is 6.61 Å². The number of ether oxygens (including phenoxy) is 2. The van der Waals surface area contributed by atoms with Gasteiger partial charge in [-0.25, -0.2) is 4.99 Å². The molecule has 0 aliphatic carbocycles. The van der Waals surface area contributed by atoms with Crippen LogP contribution in [-0.2, 0) is 9.47 Å². The highest BCUT2D eigenvalue weighted by atomic mass is 16.5. The minimum atomic E-state index is -0.296. The van der Waals surface area contributed by atoms with Crippen molar-refractivity contribution < 1.29 is 14.6 Å². The molecule has 2 rings (SSSR count). The van der Waals surface area contributed by atoms with Crippen LogP contribution in [0.15, 0.2) is 35.3 Å². The number of benzene rings is 1. The van der Waals surface area contributed by atoms with E-state index in [1.807, 2.05) is 30.3 Å². The molecule has 1 aromatic carbocycles. The summed E-state index contributed by atoms with van der Waals surface area (Å²) in [5.74, 6) is 0.691. The molecule has 0 fully saturated rings. The predicted molar refractivity (Wildman–Crippen MR) is 97.0 cm³/mol. The summed E-state index contributed by atoms with van der Waals surface area (Å²) >= 11 is 0. The number of aliphatic hydroxyl groups excluding tert-OH is 1. The molecule has 0 bridgehead atoms. The fraction of sp³-hybridized carbons (Fsp3) is 0.600. The molecule has 0 unspecified atom stereocenters. The van der Waals surface area contributed by atoms with Crippen LogP contribution in [-0.4, -0.2) is 36.4 Å². The van der Waals surface area contributed by atoms with E-state index >= 15 is 0 Å². The number of hydrogen-bond acceptors (Lipinski definition) is 4. The average molecular weight is 332 g/mol. The Morgan fingerprint density at radius 2 is 2.04 bits per heavy atom. The van der Waals surface area contributed by atoms with E-state index in [0.29, 0.717) is 25.5 Å². The van der Waals surface area contributed by atoms with Crippen molar-refractivity contribution in [2.75, 3.05) is 13.2 Å². The highest BCUT2D eigenvalue weighted by molar-refractivity contribution is 5.95. The van der Waals surface area contributed by atoms with Gasteiger partial charge in [0, 0.05) is 12.0 Å². The maximum absolute atomic E-state index is 9.92. The predicted octanol–water partition coefficient (Wildman–Crippen LogP) is 4.12. The summed E-state index contributed by atoms with van der Waals surface area (Å²) in [6, 6.07) is 9.94. The number of nitrogens with zero attached hydrogens (tertiary/aromatic N) is 1. The SMILES string of the molecule is CCCCCCC[C@@H](O)C[CH]OC[C@@H]1COC(c2ccccc2)=N1. The normalized spacial score (nSPS) is 18.2. The Morgan fingerprint density at radius 1 is 1.25 bits per heavy atom. The molecule has 133 valence electrons. The van der Waals surface area contributed by atoms with E-state index in [4.69, 9.17) is 9.47 Å². The summed E-state index contributed by atoms with van der Waals surface area (Å²) in [6.07, 6.45) is 7.26. The van der Waals surface area contributed by atoms with Crippen molar-refractivity contribution in [1.82, 2.24) is 0 Å². The van der Waals surface area contributed by atoms with Gasteiger partial charge in [-0.3, -0.25) is 0 Å². The molecule has 4 heteroatoms. The fourth-order valence-corrected chi connectivity index (χ4v) is 2.70. The zero-order valence-electron chi connectivity index (χ0n) is 14.7. The molecule has 1 heterocycles. The largest absolute Gasteiger partial charge is 0.475 e. The molecule has 1 aromatic rings. The van der Waals surface area contributed by atoms with Gasteiger partial charge in [-0.15, -0.1) is 0 Å². The summed E-state index contributed by atoms with van der Waals surface area (Å²) in [7, 11) is 0. The molecule has 24 heavy (non-hydrogen) atoms. The van der Waals surface area contributed by atoms with E-state index in [0.717, 1.165) is 18.4 Å². The first-order valence-corrected chi connectivity index (χ1v) is 9.17. The van der Waals surface area contributed by atoms with Crippen molar-refractivity contribution in [2.24, 2.45) is 4.99 Å². The van der Waals surface area contributed by atoms with E-state index in [9.17, 15) is 5.11 Å². The van der Waals surface area contributed by atoms with Crippen molar-refractivity contribution in [1.29, 1.82) is 0 Å². The monoisotopic (exact) mass is 332 g/mol. The van der Waals surface area contributed by atoms with Gasteiger partial charge in [0.2, 0.25) is 5.90 Å². The van der Waals surface area contributed by atoms with Gasteiger partial charge in [-0.2, -0.15) is 0 Å². The van der Waals surface area contributed by atoms with Crippen molar-refractivity contribution in [2.45, 2.75) is 64.0 Å². The van der Waals surface area contributed by atoms with Gasteiger partial charge < -0.3 is 14.6 Å². The smallest absolute Gasteiger partial charge is 0.216 e. The number of rotatable bonds is 12. The number of aliphatic imine (C=N–C) groups is 1. The molecule has 0 spiro atoms. The van der Waals surface area contributed by atoms with E-state index in [1.165, 1.54) is 25.7 Å². The third-order valence-electron chi connectivity index (χ3n) is 4.15. The average Bonchev–Trinajstić information content (AvgIpc) is 3.08. The van der Waals surface area contributed by atoms with Gasteiger partial charge in [0.1, 0.15) is 12.6 Å². The highest BCUT2D eigenvalue weighted by Crippen LogP contribution is 2.14. The van der Waals surface area contributed by atoms with Gasteiger partial charge in [-0.05, 0) is 18.6 Å². The molecule has 0 saturated carbocycles. The molecule has 0 saturated heterocycles. The second-order valence-corrected chi connectivity index (χ2v) is 6.36. The molecule has 0 aromatic heterocycles. The summed E-state index contributed by atoms with van der Waals surface area (Å²) in [5, 5.41) is 9.92. The lowest BCUT2D eigenvalue weighted by Crippen LogP contribution is -2.15. The summed E-state index contributed by atoms with van der Waals surface area (Å²) in [6.45, 7) is 4.98. The molecule has 0 amide bonds. The molecule has 1 aliphatic heterocycles. The van der Waals surface area contributed by atoms with Gasteiger partial charge in [0.15, 0.2) is 0 Å². The molecule has 1 N–H and O–H groups in total. The Morgan fingerprint density at radius 3 is 2.83 bits per heavy atom. The van der Waals surface area contributed by atoms with E-state index in [2.05, 4.69) is 11.9 Å². The number of aliphatic hydroxyl groups is 1. The number of unbranched alkanes of at least 4 members (excludes halogenated alkanes) is 4. The molecular formula is C20H30NO3. The lowest BCUT2D eigenvalue weighted by molar-refractivity contribution is 0.107. The molecule has 1 aliphatic rings. The fourth-order valence-electron chi connectivity index (χ4n) is 2.70. The van der Waals surface area contributed by atoms with Crippen LogP contribution in [0.3, 0.4) is 0 Å². The van der Waals surface area contributed by atoms with Gasteiger partial charge in [0.05, 0.1) is 19.3 Å². The Hall–Kier alpha value is -1.39. The van der Waals surface area contributed by atoms with Crippen molar-refractivity contribution in [3.05, 3.63) is 42.5 Å². The van der Waals surface area contributed by atoms with Gasteiger partial charge in [-0.1, -0.05) is 57.2 Å². The van der Waals surface area contributed by atoms with Crippen LogP contribution >= 0.6 is 0 Å². The van der Waals surface area contributed by atoms with Crippen LogP contribution < -0.4 is 0 Å². The Bertz CT molecular complexity index is 475. The Kier molecular flexibility index (Phi) is 8.85. The van der Waals surface area contributed by atoms with Crippen LogP contribution in [0, 0.1) is 6.61 Å². The maximum atomic E-state index is 9.92. The van der Waals surface area contributed by atoms with E-state index < -0.39 is 0 Å². The van der Waals surface area contributed by atoms with Gasteiger partial charge >= 0.3 is 0 Å². The third-order valence-corrected chi connectivity index (χ3v) is 4.15. The summed E-state index contributed by atoms with van der Waals surface area (Å²) < 4.78 is 11.2. The second kappa shape index (κ2) is 11.2. The second-order valence-electron chi connectivity index (χ2n) is 6.36. The minimum absolute atomic E-state index is 0.0302. The van der Waals surface area contributed by atoms with Crippen LogP contribution in [0.5, 0.6) is 0 Å². The van der Waals surface area contributed by atoms with Crippen LogP contribution in [0.4, 0.5) is 0 Å². The molecular weight excluding hydrogens is 302 g/mol. The lowest BCUT2D eigenvalue weighted by Gasteiger charge is -2.11. The quantitative estimate of drug-likeness (QED) is 0.586. The summed E-state index contributed by atoms with van der Waals surface area (Å²) in [5.41, 5.74) is 1.00. The third kappa shape index (κ3) is 7.02. The molecule has 1 radical (unpaired) electrons. The Labute approximate surface area is 145 Å². The maximum Gasteiger partial charge on any atom is 0.216 e. The van der Waals surface area contributed by atoms with Crippen molar-refractivity contribution >= 4 is 5.90 Å². The minimum Gasteiger partial charge on any atom is -0.475 e. The van der Waals surface area contributed by atoms with Gasteiger partial charge in [0.25, 0.3) is 0 Å². The zero-order chi connectivity index (χ0) is 17.0. The zero-order valence-corrected chi connectivity index (χ0v) is 14.7. The number of hydrogen-bond donors (Lipinski definition) is 1. The standard InChI is InChI=1S/C20H30NO3/c1-2-3-4-5-9-12-19(22)13-14-23-15-18-16-24-20(21-18)17-10-7-6-8-11-17/h6-8,10-11,14,18-19,22H,2-5,9,12-13,15-16H2,1H3/t18-,19-/m1/s1. The van der Waals surface area contributed by atoms with E-state index in [-0.39, 0.29) is 12.1 Å². The lowest BCUT2D eigenvalue weighted by atomic mass is 10.1. The molecule has 4 nitrogen and oxygen atoms in total. The summed E-state index contributed by atoms with van der Waals surface area (Å²) in [4.78, 5) is 4.54. The first-order valence-electron chi connectivity index (χ1n) is 9.17. The van der Waals surface area contributed by atoms with Crippen LogP contribution in [0.25, 0.3) is 0 Å². The molecule has 2 atom stereocenters. The highest BCUT2D eigenvalue weighted by Gasteiger charge is 2.20. The first kappa shape index (κ1) is 18.9. The van der Waals surface area contributed by atoms with Crippen LogP contribution in [0.2, 0.25) is 0 Å². The first-order chi connectivity index (χ1) is 11.8. The van der Waals surface area contributed by atoms with Crippen molar-refractivity contribution in [3.8, 4) is 0 Å². The van der Waals surface area contributed by atoms with Crippen LogP contribution in [0.1, 0.15) is 57.4 Å².